The number of rotatable bonds is 6. The van der Waals surface area contributed by atoms with Gasteiger partial charge in [-0.2, -0.15) is 0 Å². The molecule has 0 spiro atoms. The van der Waals surface area contributed by atoms with Crippen molar-refractivity contribution in [3.05, 3.63) is 74.7 Å². The molecule has 2 aromatic heterocycles. The van der Waals surface area contributed by atoms with Gasteiger partial charge in [0.2, 0.25) is 0 Å². The Morgan fingerprint density at radius 3 is 2.71 bits per heavy atom. The van der Waals surface area contributed by atoms with Crippen LogP contribution in [0.1, 0.15) is 15.5 Å². The zero-order valence-electron chi connectivity index (χ0n) is 17.9. The largest absolute Gasteiger partial charge is 0.378 e. The van der Waals surface area contributed by atoms with Crippen molar-refractivity contribution in [2.45, 2.75) is 10.9 Å². The number of hydrogen-bond donors (Lipinski definition) is 0. The number of halogens is 2. The number of morpholine rings is 1. The van der Waals surface area contributed by atoms with E-state index in [1.807, 2.05) is 58.5 Å². The van der Waals surface area contributed by atoms with Crippen LogP contribution in [0.3, 0.4) is 0 Å². The molecule has 0 bridgehead atoms. The van der Waals surface area contributed by atoms with Crippen molar-refractivity contribution >= 4 is 52.2 Å². The highest BCUT2D eigenvalue weighted by Gasteiger charge is 2.22. The molecule has 0 saturated carbocycles. The van der Waals surface area contributed by atoms with Gasteiger partial charge in [0.25, 0.3) is 5.91 Å². The molecule has 1 amide bonds. The molecule has 0 aliphatic carbocycles. The summed E-state index contributed by atoms with van der Waals surface area (Å²) in [6, 6.07) is 15.0. The van der Waals surface area contributed by atoms with Gasteiger partial charge in [0.15, 0.2) is 11.0 Å². The predicted octanol–water partition coefficient (Wildman–Crippen LogP) is 5.46. The third-order valence-electron chi connectivity index (χ3n) is 5.21. The third kappa shape index (κ3) is 4.99. The minimum absolute atomic E-state index is 0.0566. The Hall–Kier alpha value is -2.43. The maximum absolute atomic E-state index is 12.7. The monoisotopic (exact) mass is 531 g/mol. The Morgan fingerprint density at radius 2 is 1.91 bits per heavy atom. The van der Waals surface area contributed by atoms with Gasteiger partial charge in [0, 0.05) is 29.1 Å². The fourth-order valence-electron chi connectivity index (χ4n) is 3.56. The van der Waals surface area contributed by atoms with E-state index >= 15 is 0 Å². The van der Waals surface area contributed by atoms with E-state index < -0.39 is 0 Å². The molecule has 11 heteroatoms. The Morgan fingerprint density at radius 1 is 1.09 bits per heavy atom. The summed E-state index contributed by atoms with van der Waals surface area (Å²) in [7, 11) is 0. The second kappa shape index (κ2) is 10.5. The van der Waals surface area contributed by atoms with E-state index in [0.29, 0.717) is 58.8 Å². The second-order valence-corrected chi connectivity index (χ2v) is 10.1. The van der Waals surface area contributed by atoms with Crippen molar-refractivity contribution in [2.24, 2.45) is 0 Å². The summed E-state index contributed by atoms with van der Waals surface area (Å²) in [4.78, 5) is 19.0. The van der Waals surface area contributed by atoms with Gasteiger partial charge < -0.3 is 9.64 Å². The van der Waals surface area contributed by atoms with Gasteiger partial charge in [-0.15, -0.1) is 21.5 Å². The molecule has 0 N–H and O–H groups in total. The number of aromatic nitrogens is 4. The summed E-state index contributed by atoms with van der Waals surface area (Å²) in [6.07, 6.45) is 0. The van der Waals surface area contributed by atoms with E-state index in [0.717, 1.165) is 16.3 Å². The zero-order chi connectivity index (χ0) is 23.5. The lowest BCUT2D eigenvalue weighted by atomic mass is 10.2. The highest BCUT2D eigenvalue weighted by Crippen LogP contribution is 2.34. The Labute approximate surface area is 214 Å². The summed E-state index contributed by atoms with van der Waals surface area (Å²) < 4.78 is 7.26. The van der Waals surface area contributed by atoms with Gasteiger partial charge in [-0.25, -0.2) is 4.98 Å². The number of benzene rings is 2. The molecule has 7 nitrogen and oxygen atoms in total. The van der Waals surface area contributed by atoms with Crippen molar-refractivity contribution in [1.82, 2.24) is 24.6 Å². The van der Waals surface area contributed by atoms with Crippen LogP contribution in [0.2, 0.25) is 10.0 Å². The lowest BCUT2D eigenvalue weighted by molar-refractivity contribution is 0.0299. The van der Waals surface area contributed by atoms with E-state index in [9.17, 15) is 4.79 Å². The predicted molar refractivity (Wildman–Crippen MR) is 135 cm³/mol. The van der Waals surface area contributed by atoms with Crippen LogP contribution in [0, 0.1) is 0 Å². The van der Waals surface area contributed by atoms with Crippen LogP contribution in [-0.2, 0) is 10.5 Å². The molecular weight excluding hydrogens is 513 g/mol. The molecule has 34 heavy (non-hydrogen) atoms. The van der Waals surface area contributed by atoms with Gasteiger partial charge >= 0.3 is 0 Å². The summed E-state index contributed by atoms with van der Waals surface area (Å²) in [5.74, 6) is 1.11. The van der Waals surface area contributed by atoms with Gasteiger partial charge in [-0.05, 0) is 30.3 Å². The van der Waals surface area contributed by atoms with E-state index in [1.165, 1.54) is 23.1 Å². The minimum atomic E-state index is -0.0566. The van der Waals surface area contributed by atoms with Gasteiger partial charge in [-0.3, -0.25) is 9.36 Å². The van der Waals surface area contributed by atoms with Crippen LogP contribution in [0.4, 0.5) is 0 Å². The fraction of sp³-hybridized carbons (Fsp3) is 0.217. The highest BCUT2D eigenvalue weighted by atomic mass is 35.5. The normalized spacial score (nSPS) is 13.9. The summed E-state index contributed by atoms with van der Waals surface area (Å²) in [5.41, 5.74) is 2.07. The van der Waals surface area contributed by atoms with E-state index in [-0.39, 0.29) is 5.91 Å². The number of hydrogen-bond acceptors (Lipinski definition) is 7. The molecule has 4 aromatic rings. The Bertz CT molecular complexity index is 1320. The number of amides is 1. The zero-order valence-corrected chi connectivity index (χ0v) is 21.0. The van der Waals surface area contributed by atoms with E-state index in [2.05, 4.69) is 15.2 Å². The second-order valence-electron chi connectivity index (χ2n) is 7.42. The average molecular weight is 532 g/mol. The van der Waals surface area contributed by atoms with E-state index in [1.54, 1.807) is 4.90 Å². The number of thioether (sulfide) groups is 1. The fourth-order valence-corrected chi connectivity index (χ4v) is 5.70. The first-order valence-corrected chi connectivity index (χ1v) is 13.1. The standard InChI is InChI=1S/C23H19Cl2N5O2S2/c24-15-4-3-5-16(12-15)30-21(17-6-1-2-7-18(17)25)27-28-23(30)34-14-20-26-19(13-33-20)22(31)29-8-10-32-11-9-29/h1-7,12-13H,8-11,14H2. The molecule has 1 saturated heterocycles. The smallest absolute Gasteiger partial charge is 0.273 e. The van der Waals surface area contributed by atoms with Crippen LogP contribution >= 0.6 is 46.3 Å². The number of nitrogens with zero attached hydrogens (tertiary/aromatic N) is 5. The van der Waals surface area contributed by atoms with Gasteiger partial charge in [0.05, 0.1) is 29.7 Å². The lowest BCUT2D eigenvalue weighted by Gasteiger charge is -2.25. The van der Waals surface area contributed by atoms with Crippen LogP contribution in [-0.4, -0.2) is 56.9 Å². The van der Waals surface area contributed by atoms with Crippen LogP contribution in [0.25, 0.3) is 17.1 Å². The number of carbonyl (C=O) groups excluding carboxylic acids is 1. The van der Waals surface area contributed by atoms with Crippen molar-refractivity contribution in [3.8, 4) is 17.1 Å². The molecule has 2 aromatic carbocycles. The van der Waals surface area contributed by atoms with Crippen LogP contribution in [0.15, 0.2) is 59.1 Å². The molecule has 0 radical (unpaired) electrons. The molecule has 0 unspecified atom stereocenters. The molecular formula is C23H19Cl2N5O2S2. The minimum Gasteiger partial charge on any atom is -0.378 e. The van der Waals surface area contributed by atoms with Gasteiger partial charge in [0.1, 0.15) is 10.7 Å². The number of ether oxygens (including phenoxy) is 1. The lowest BCUT2D eigenvalue weighted by Crippen LogP contribution is -2.40. The third-order valence-corrected chi connectivity index (χ3v) is 7.74. The molecule has 3 heterocycles. The Kier molecular flexibility index (Phi) is 7.17. The van der Waals surface area contributed by atoms with Crippen molar-refractivity contribution in [3.63, 3.8) is 0 Å². The number of carbonyl (C=O) groups is 1. The molecule has 1 aliphatic heterocycles. The molecule has 1 fully saturated rings. The van der Waals surface area contributed by atoms with Crippen LogP contribution in [0.5, 0.6) is 0 Å². The quantitative estimate of drug-likeness (QED) is 0.307. The van der Waals surface area contributed by atoms with Gasteiger partial charge in [-0.1, -0.05) is 53.2 Å². The highest BCUT2D eigenvalue weighted by molar-refractivity contribution is 7.98. The molecule has 174 valence electrons. The van der Waals surface area contributed by atoms with Crippen molar-refractivity contribution < 1.29 is 9.53 Å². The first kappa shape index (κ1) is 23.3. The summed E-state index contributed by atoms with van der Waals surface area (Å²) >= 11 is 15.7. The first-order valence-electron chi connectivity index (χ1n) is 10.5. The maximum atomic E-state index is 12.7. The topological polar surface area (TPSA) is 73.1 Å². The van der Waals surface area contributed by atoms with Crippen molar-refractivity contribution in [2.75, 3.05) is 26.3 Å². The summed E-state index contributed by atoms with van der Waals surface area (Å²) in [5, 5.41) is 13.4. The number of thiazole rings is 1. The van der Waals surface area contributed by atoms with E-state index in [4.69, 9.17) is 27.9 Å². The van der Waals surface area contributed by atoms with Crippen molar-refractivity contribution in [1.29, 1.82) is 0 Å². The summed E-state index contributed by atoms with van der Waals surface area (Å²) in [6.45, 7) is 2.30. The van der Waals surface area contributed by atoms with Crippen LogP contribution < -0.4 is 0 Å². The first-order chi connectivity index (χ1) is 16.6. The molecule has 0 atom stereocenters. The maximum Gasteiger partial charge on any atom is 0.273 e. The molecule has 1 aliphatic rings. The SMILES string of the molecule is O=C(c1csc(CSc2nnc(-c3ccccc3Cl)n2-c2cccc(Cl)c2)n1)N1CCOCC1. The average Bonchev–Trinajstić information content (AvgIpc) is 3.50. The Balaban J connectivity index is 1.41. The molecule has 5 rings (SSSR count).